The van der Waals surface area contributed by atoms with Crippen molar-refractivity contribution in [1.82, 2.24) is 14.1 Å². The first kappa shape index (κ1) is 21.0. The molecule has 0 atom stereocenters. The SMILES string of the molecule is O=C(c1ccc(CN2CCOCC2)cc1)N1CCN(S(=O)(=O)c2ccccc2)CC1. The van der Waals surface area contributed by atoms with Gasteiger partial charge in [-0.15, -0.1) is 0 Å². The van der Waals surface area contributed by atoms with Crippen LogP contribution in [0.3, 0.4) is 0 Å². The maximum atomic E-state index is 12.9. The molecule has 160 valence electrons. The Labute approximate surface area is 177 Å². The van der Waals surface area contributed by atoms with E-state index in [-0.39, 0.29) is 5.91 Å². The second-order valence-corrected chi connectivity index (χ2v) is 9.53. The van der Waals surface area contributed by atoms with Gasteiger partial charge in [-0.3, -0.25) is 9.69 Å². The monoisotopic (exact) mass is 429 g/mol. The lowest BCUT2D eigenvalue weighted by Crippen LogP contribution is -2.50. The number of benzene rings is 2. The van der Waals surface area contributed by atoms with E-state index in [1.54, 1.807) is 35.2 Å². The number of hydrogen-bond donors (Lipinski definition) is 0. The van der Waals surface area contributed by atoms with Crippen LogP contribution in [-0.2, 0) is 21.3 Å². The highest BCUT2D eigenvalue weighted by molar-refractivity contribution is 7.89. The molecule has 2 aromatic rings. The van der Waals surface area contributed by atoms with E-state index in [1.165, 1.54) is 9.87 Å². The second-order valence-electron chi connectivity index (χ2n) is 7.59. The van der Waals surface area contributed by atoms with Crippen LogP contribution in [0.4, 0.5) is 0 Å². The van der Waals surface area contributed by atoms with Crippen molar-refractivity contribution in [3.05, 3.63) is 65.7 Å². The highest BCUT2D eigenvalue weighted by Crippen LogP contribution is 2.18. The lowest BCUT2D eigenvalue weighted by molar-refractivity contribution is 0.0342. The number of ether oxygens (including phenoxy) is 1. The summed E-state index contributed by atoms with van der Waals surface area (Å²) in [5.41, 5.74) is 1.81. The molecule has 2 fully saturated rings. The van der Waals surface area contributed by atoms with E-state index >= 15 is 0 Å². The molecule has 0 N–H and O–H groups in total. The van der Waals surface area contributed by atoms with Gasteiger partial charge in [0.25, 0.3) is 5.91 Å². The molecule has 2 aromatic carbocycles. The van der Waals surface area contributed by atoms with Gasteiger partial charge in [0.05, 0.1) is 18.1 Å². The number of carbonyl (C=O) groups is 1. The Morgan fingerprint density at radius 1 is 0.833 bits per heavy atom. The average molecular weight is 430 g/mol. The van der Waals surface area contributed by atoms with Crippen molar-refractivity contribution in [2.24, 2.45) is 0 Å². The maximum Gasteiger partial charge on any atom is 0.253 e. The van der Waals surface area contributed by atoms with Crippen molar-refractivity contribution in [3.63, 3.8) is 0 Å². The zero-order valence-corrected chi connectivity index (χ0v) is 17.8. The van der Waals surface area contributed by atoms with E-state index in [2.05, 4.69) is 4.90 Å². The molecule has 0 aromatic heterocycles. The van der Waals surface area contributed by atoms with E-state index in [4.69, 9.17) is 4.74 Å². The van der Waals surface area contributed by atoms with Crippen LogP contribution >= 0.6 is 0 Å². The van der Waals surface area contributed by atoms with Crippen molar-refractivity contribution >= 4 is 15.9 Å². The third-order valence-corrected chi connectivity index (χ3v) is 7.53. The van der Waals surface area contributed by atoms with Crippen LogP contribution in [0.15, 0.2) is 59.5 Å². The maximum absolute atomic E-state index is 12.9. The van der Waals surface area contributed by atoms with Crippen molar-refractivity contribution in [2.45, 2.75) is 11.4 Å². The molecule has 4 rings (SSSR count). The molecule has 1 amide bonds. The Kier molecular flexibility index (Phi) is 6.48. The quantitative estimate of drug-likeness (QED) is 0.723. The summed E-state index contributed by atoms with van der Waals surface area (Å²) < 4.78 is 32.3. The summed E-state index contributed by atoms with van der Waals surface area (Å²) in [4.78, 5) is 17.2. The van der Waals surface area contributed by atoms with Crippen LogP contribution in [0.5, 0.6) is 0 Å². The van der Waals surface area contributed by atoms with Gasteiger partial charge in [0.15, 0.2) is 0 Å². The zero-order chi connectivity index (χ0) is 21.0. The molecular weight excluding hydrogens is 402 g/mol. The molecule has 0 unspecified atom stereocenters. The van der Waals surface area contributed by atoms with Crippen LogP contribution in [0.2, 0.25) is 0 Å². The first-order chi connectivity index (χ1) is 14.5. The van der Waals surface area contributed by atoms with Gasteiger partial charge < -0.3 is 9.64 Å². The molecule has 2 heterocycles. The summed E-state index contributed by atoms with van der Waals surface area (Å²) in [5.74, 6) is -0.0512. The molecule has 8 heteroatoms. The Morgan fingerprint density at radius 2 is 1.47 bits per heavy atom. The molecule has 2 aliphatic heterocycles. The van der Waals surface area contributed by atoms with Gasteiger partial charge in [0.2, 0.25) is 10.0 Å². The smallest absolute Gasteiger partial charge is 0.253 e. The van der Waals surface area contributed by atoms with Gasteiger partial charge in [-0.2, -0.15) is 4.31 Å². The molecule has 0 spiro atoms. The molecule has 30 heavy (non-hydrogen) atoms. The molecule has 2 aliphatic rings. The summed E-state index contributed by atoms with van der Waals surface area (Å²) in [7, 11) is -3.51. The Bertz CT molecular complexity index is 950. The normalized spacial score (nSPS) is 19.0. The molecular formula is C22H27N3O4S. The third-order valence-electron chi connectivity index (χ3n) is 5.62. The molecule has 0 radical (unpaired) electrons. The molecule has 0 bridgehead atoms. The number of morpholine rings is 1. The highest BCUT2D eigenvalue weighted by Gasteiger charge is 2.30. The van der Waals surface area contributed by atoms with Gasteiger partial charge in [-0.25, -0.2) is 8.42 Å². The molecule has 2 saturated heterocycles. The van der Waals surface area contributed by atoms with E-state index < -0.39 is 10.0 Å². The lowest BCUT2D eigenvalue weighted by atomic mass is 10.1. The average Bonchev–Trinajstić information content (AvgIpc) is 2.80. The van der Waals surface area contributed by atoms with Gasteiger partial charge in [-0.1, -0.05) is 30.3 Å². The Hall–Kier alpha value is -2.26. The highest BCUT2D eigenvalue weighted by atomic mass is 32.2. The summed E-state index contributed by atoms with van der Waals surface area (Å²) in [6.07, 6.45) is 0. The van der Waals surface area contributed by atoms with Crippen LogP contribution in [0, 0.1) is 0 Å². The van der Waals surface area contributed by atoms with Crippen molar-refractivity contribution in [2.75, 3.05) is 52.5 Å². The zero-order valence-electron chi connectivity index (χ0n) is 16.9. The molecule has 0 saturated carbocycles. The Balaban J connectivity index is 1.34. The predicted octanol–water partition coefficient (Wildman–Crippen LogP) is 1.67. The van der Waals surface area contributed by atoms with Crippen LogP contribution < -0.4 is 0 Å². The number of sulfonamides is 1. The molecule has 7 nitrogen and oxygen atoms in total. The largest absolute Gasteiger partial charge is 0.379 e. The van der Waals surface area contributed by atoms with Gasteiger partial charge in [0.1, 0.15) is 0 Å². The summed E-state index contributed by atoms with van der Waals surface area (Å²) >= 11 is 0. The number of hydrogen-bond acceptors (Lipinski definition) is 5. The lowest BCUT2D eigenvalue weighted by Gasteiger charge is -2.34. The third kappa shape index (κ3) is 4.73. The van der Waals surface area contributed by atoms with E-state index in [1.807, 2.05) is 24.3 Å². The standard InChI is InChI=1S/C22H27N3O4S/c26-22(20-8-6-19(7-9-20)18-23-14-16-29-17-15-23)24-10-12-25(13-11-24)30(27,28)21-4-2-1-3-5-21/h1-9H,10-18H2. The summed E-state index contributed by atoms with van der Waals surface area (Å²) in [5, 5.41) is 0. The first-order valence-electron chi connectivity index (χ1n) is 10.3. The van der Waals surface area contributed by atoms with Gasteiger partial charge in [-0.05, 0) is 29.8 Å². The minimum atomic E-state index is -3.51. The van der Waals surface area contributed by atoms with Gasteiger partial charge in [0, 0.05) is 51.4 Å². The fraction of sp³-hybridized carbons (Fsp3) is 0.409. The topological polar surface area (TPSA) is 70.2 Å². The number of nitrogens with zero attached hydrogens (tertiary/aromatic N) is 3. The summed E-state index contributed by atoms with van der Waals surface area (Å²) in [6, 6.07) is 16.2. The fourth-order valence-electron chi connectivity index (χ4n) is 3.83. The predicted molar refractivity (Wildman–Crippen MR) is 114 cm³/mol. The van der Waals surface area contributed by atoms with Crippen LogP contribution in [0.25, 0.3) is 0 Å². The number of rotatable bonds is 5. The minimum absolute atomic E-state index is 0.0512. The summed E-state index contributed by atoms with van der Waals surface area (Å²) in [6.45, 7) is 5.63. The van der Waals surface area contributed by atoms with E-state index in [0.717, 1.165) is 32.8 Å². The minimum Gasteiger partial charge on any atom is -0.379 e. The van der Waals surface area contributed by atoms with Crippen LogP contribution in [0.1, 0.15) is 15.9 Å². The number of carbonyl (C=O) groups excluding carboxylic acids is 1. The van der Waals surface area contributed by atoms with Gasteiger partial charge >= 0.3 is 0 Å². The first-order valence-corrected chi connectivity index (χ1v) is 11.7. The van der Waals surface area contributed by atoms with Crippen molar-refractivity contribution in [3.8, 4) is 0 Å². The van der Waals surface area contributed by atoms with Crippen molar-refractivity contribution < 1.29 is 17.9 Å². The van der Waals surface area contributed by atoms with Crippen LogP contribution in [-0.4, -0.2) is 80.9 Å². The van der Waals surface area contributed by atoms with Crippen molar-refractivity contribution in [1.29, 1.82) is 0 Å². The van der Waals surface area contributed by atoms with E-state index in [9.17, 15) is 13.2 Å². The number of piperazine rings is 1. The molecule has 0 aliphatic carbocycles. The van der Waals surface area contributed by atoms with E-state index in [0.29, 0.717) is 36.6 Å². The second kappa shape index (κ2) is 9.26. The fourth-order valence-corrected chi connectivity index (χ4v) is 5.27. The number of amides is 1. The Morgan fingerprint density at radius 3 is 2.10 bits per heavy atom.